The van der Waals surface area contributed by atoms with E-state index in [-0.39, 0.29) is 0 Å². The van der Waals surface area contributed by atoms with E-state index in [0.29, 0.717) is 24.3 Å². The Bertz CT molecular complexity index is 416. The Kier molecular flexibility index (Phi) is 8.47. The topological polar surface area (TPSA) is 75.3 Å². The molecule has 1 unspecified atom stereocenters. The molecule has 0 saturated heterocycles. The molecule has 2 N–H and O–H groups in total. The van der Waals surface area contributed by atoms with Gasteiger partial charge >= 0.3 is 0 Å². The lowest BCUT2D eigenvalue weighted by atomic mass is 10.1. The fraction of sp³-hybridized carbons (Fsp3) is 0.800. The lowest BCUT2D eigenvalue weighted by molar-refractivity contribution is 0.376. The van der Waals surface area contributed by atoms with Crippen molar-refractivity contribution in [3.05, 3.63) is 11.7 Å². The Morgan fingerprint density at radius 2 is 2.10 bits per heavy atom. The van der Waals surface area contributed by atoms with Gasteiger partial charge in [-0.3, -0.25) is 0 Å². The average molecular weight is 295 g/mol. The first-order chi connectivity index (χ1) is 10.2. The monoisotopic (exact) mass is 295 g/mol. The van der Waals surface area contributed by atoms with Gasteiger partial charge in [0.25, 0.3) is 0 Å². The smallest absolute Gasteiger partial charge is 0.248 e. The van der Waals surface area contributed by atoms with Gasteiger partial charge in [0.05, 0.1) is 0 Å². The summed E-state index contributed by atoms with van der Waals surface area (Å²) in [7, 11) is 0. The normalized spacial score (nSPS) is 13.2. The molecule has 0 bridgehead atoms. The van der Waals surface area contributed by atoms with Crippen molar-refractivity contribution in [2.75, 3.05) is 6.54 Å². The van der Waals surface area contributed by atoms with Crippen LogP contribution in [0.2, 0.25) is 0 Å². The average Bonchev–Trinajstić information content (AvgIpc) is 2.87. The van der Waals surface area contributed by atoms with E-state index >= 15 is 0 Å². The van der Waals surface area contributed by atoms with Gasteiger partial charge in [0.15, 0.2) is 11.8 Å². The summed E-state index contributed by atoms with van der Waals surface area (Å²) in [6.45, 7) is 9.51. The SMILES string of the molecule is CCCCCCC(C)NC(=NCc1nc(C)no1)NCC. The van der Waals surface area contributed by atoms with E-state index in [4.69, 9.17) is 4.52 Å². The minimum Gasteiger partial charge on any atom is -0.357 e. The summed E-state index contributed by atoms with van der Waals surface area (Å²) in [6.07, 6.45) is 6.30. The van der Waals surface area contributed by atoms with Crippen LogP contribution in [-0.4, -0.2) is 28.7 Å². The van der Waals surface area contributed by atoms with Crippen LogP contribution in [0.25, 0.3) is 0 Å². The van der Waals surface area contributed by atoms with E-state index in [2.05, 4.69) is 46.5 Å². The number of guanidine groups is 1. The van der Waals surface area contributed by atoms with Crippen molar-refractivity contribution in [1.29, 1.82) is 0 Å². The van der Waals surface area contributed by atoms with Gasteiger partial charge in [-0.1, -0.05) is 37.8 Å². The molecule has 0 aromatic carbocycles. The molecule has 0 aliphatic heterocycles. The Hall–Kier alpha value is -1.59. The first kappa shape index (κ1) is 17.5. The van der Waals surface area contributed by atoms with Crippen LogP contribution in [0.3, 0.4) is 0 Å². The van der Waals surface area contributed by atoms with Crippen LogP contribution in [-0.2, 0) is 6.54 Å². The van der Waals surface area contributed by atoms with Crippen molar-refractivity contribution in [3.63, 3.8) is 0 Å². The maximum atomic E-state index is 5.07. The molecule has 120 valence electrons. The summed E-state index contributed by atoms with van der Waals surface area (Å²) >= 11 is 0. The largest absolute Gasteiger partial charge is 0.357 e. The Balaban J connectivity index is 2.40. The molecule has 1 heterocycles. The van der Waals surface area contributed by atoms with E-state index < -0.39 is 0 Å². The van der Waals surface area contributed by atoms with Crippen LogP contribution >= 0.6 is 0 Å². The van der Waals surface area contributed by atoms with Crippen LogP contribution in [0.5, 0.6) is 0 Å². The summed E-state index contributed by atoms with van der Waals surface area (Å²) in [6, 6.07) is 0.407. The first-order valence-electron chi connectivity index (χ1n) is 7.99. The highest BCUT2D eigenvalue weighted by atomic mass is 16.5. The van der Waals surface area contributed by atoms with Gasteiger partial charge in [0.1, 0.15) is 6.54 Å². The van der Waals surface area contributed by atoms with Crippen molar-refractivity contribution in [2.45, 2.75) is 72.4 Å². The second kappa shape index (κ2) is 10.2. The second-order valence-corrected chi connectivity index (χ2v) is 5.33. The number of hydrogen-bond donors (Lipinski definition) is 2. The highest BCUT2D eigenvalue weighted by molar-refractivity contribution is 5.79. The number of hydrogen-bond acceptors (Lipinski definition) is 4. The molecule has 0 spiro atoms. The molecule has 0 saturated carbocycles. The van der Waals surface area contributed by atoms with Crippen molar-refractivity contribution < 1.29 is 4.52 Å². The van der Waals surface area contributed by atoms with Gasteiger partial charge in [-0.2, -0.15) is 4.98 Å². The summed E-state index contributed by atoms with van der Waals surface area (Å²) < 4.78 is 5.07. The van der Waals surface area contributed by atoms with Crippen LogP contribution < -0.4 is 10.6 Å². The number of aliphatic imine (C=N–C) groups is 1. The maximum Gasteiger partial charge on any atom is 0.248 e. The molecule has 0 aliphatic rings. The fourth-order valence-corrected chi connectivity index (χ4v) is 2.05. The van der Waals surface area contributed by atoms with Crippen LogP contribution in [0, 0.1) is 6.92 Å². The summed E-state index contributed by atoms with van der Waals surface area (Å²) in [5.74, 6) is 1.99. The van der Waals surface area contributed by atoms with E-state index in [1.54, 1.807) is 6.92 Å². The van der Waals surface area contributed by atoms with E-state index in [1.807, 2.05) is 0 Å². The predicted octanol–water partition coefficient (Wildman–Crippen LogP) is 2.79. The lowest BCUT2D eigenvalue weighted by Crippen LogP contribution is -2.42. The van der Waals surface area contributed by atoms with Crippen LogP contribution in [0.15, 0.2) is 9.52 Å². The maximum absolute atomic E-state index is 5.07. The number of unbranched alkanes of at least 4 members (excludes halogenated alkanes) is 3. The highest BCUT2D eigenvalue weighted by Gasteiger charge is 2.06. The fourth-order valence-electron chi connectivity index (χ4n) is 2.05. The molecule has 1 rings (SSSR count). The quantitative estimate of drug-likeness (QED) is 0.416. The molecule has 0 fully saturated rings. The third-order valence-electron chi connectivity index (χ3n) is 3.16. The molecule has 0 aliphatic carbocycles. The van der Waals surface area contributed by atoms with E-state index in [1.165, 1.54) is 25.7 Å². The Labute approximate surface area is 127 Å². The zero-order valence-corrected chi connectivity index (χ0v) is 13.8. The van der Waals surface area contributed by atoms with Crippen molar-refractivity contribution in [2.24, 2.45) is 4.99 Å². The molecule has 6 heteroatoms. The summed E-state index contributed by atoms with van der Waals surface area (Å²) in [5.41, 5.74) is 0. The minimum atomic E-state index is 0.402. The zero-order chi connectivity index (χ0) is 15.5. The number of aromatic nitrogens is 2. The highest BCUT2D eigenvalue weighted by Crippen LogP contribution is 2.05. The van der Waals surface area contributed by atoms with Crippen molar-refractivity contribution >= 4 is 5.96 Å². The molecule has 21 heavy (non-hydrogen) atoms. The number of nitrogens with zero attached hydrogens (tertiary/aromatic N) is 3. The molecule has 6 nitrogen and oxygen atoms in total. The molecule has 1 aromatic rings. The van der Waals surface area contributed by atoms with Crippen molar-refractivity contribution in [1.82, 2.24) is 20.8 Å². The third kappa shape index (κ3) is 7.68. The van der Waals surface area contributed by atoms with Crippen LogP contribution in [0.4, 0.5) is 0 Å². The van der Waals surface area contributed by atoms with Gasteiger partial charge in [0, 0.05) is 12.6 Å². The molecule has 1 aromatic heterocycles. The Morgan fingerprint density at radius 1 is 1.29 bits per heavy atom. The van der Waals surface area contributed by atoms with Gasteiger partial charge in [0.2, 0.25) is 5.89 Å². The minimum absolute atomic E-state index is 0.402. The third-order valence-corrected chi connectivity index (χ3v) is 3.16. The van der Waals surface area contributed by atoms with Gasteiger partial charge in [-0.15, -0.1) is 0 Å². The lowest BCUT2D eigenvalue weighted by Gasteiger charge is -2.17. The van der Waals surface area contributed by atoms with Crippen molar-refractivity contribution in [3.8, 4) is 0 Å². The summed E-state index contributed by atoms with van der Waals surface area (Å²) in [5, 5.41) is 10.4. The zero-order valence-electron chi connectivity index (χ0n) is 13.8. The van der Waals surface area contributed by atoms with Gasteiger partial charge < -0.3 is 15.2 Å². The predicted molar refractivity (Wildman–Crippen MR) is 85.2 cm³/mol. The molecular formula is C15H29N5O. The first-order valence-corrected chi connectivity index (χ1v) is 7.99. The number of nitrogens with one attached hydrogen (secondary N) is 2. The van der Waals surface area contributed by atoms with Crippen LogP contribution in [0.1, 0.15) is 64.6 Å². The van der Waals surface area contributed by atoms with Gasteiger partial charge in [-0.05, 0) is 27.2 Å². The van der Waals surface area contributed by atoms with E-state index in [0.717, 1.165) is 18.9 Å². The molecule has 1 atom stereocenters. The second-order valence-electron chi connectivity index (χ2n) is 5.33. The standard InChI is InChI=1S/C15H29N5O/c1-5-7-8-9-10-12(3)18-15(16-6-2)17-11-14-19-13(4)20-21-14/h12H,5-11H2,1-4H3,(H2,16,17,18). The summed E-state index contributed by atoms with van der Waals surface area (Å²) in [4.78, 5) is 8.63. The van der Waals surface area contributed by atoms with E-state index in [9.17, 15) is 0 Å². The van der Waals surface area contributed by atoms with Gasteiger partial charge in [-0.25, -0.2) is 4.99 Å². The molecular weight excluding hydrogens is 266 g/mol. The molecule has 0 radical (unpaired) electrons. The number of aryl methyl sites for hydroxylation is 1. The number of rotatable bonds is 9. The Morgan fingerprint density at radius 3 is 2.71 bits per heavy atom. The molecule has 0 amide bonds.